The molecule has 0 spiro atoms. The van der Waals surface area contributed by atoms with E-state index in [9.17, 15) is 13.2 Å². The number of aromatic nitrogens is 4. The van der Waals surface area contributed by atoms with Crippen molar-refractivity contribution in [3.05, 3.63) is 48.9 Å². The number of nitrogens with zero attached hydrogens (tertiary/aromatic N) is 4. The van der Waals surface area contributed by atoms with Crippen LogP contribution in [0.15, 0.2) is 48.9 Å². The van der Waals surface area contributed by atoms with Gasteiger partial charge in [0.05, 0.1) is 15.9 Å². The molecule has 0 radical (unpaired) electrons. The Morgan fingerprint density at radius 1 is 1.09 bits per heavy atom. The number of benzene rings is 1. The first-order chi connectivity index (χ1) is 15.9. The van der Waals surface area contributed by atoms with Crippen molar-refractivity contribution in [1.82, 2.24) is 30.0 Å². The molecule has 0 saturated heterocycles. The van der Waals surface area contributed by atoms with Crippen LogP contribution in [0.1, 0.15) is 6.92 Å². The van der Waals surface area contributed by atoms with E-state index >= 15 is 0 Å². The highest BCUT2D eigenvalue weighted by Gasteiger charge is 2.16. The summed E-state index contributed by atoms with van der Waals surface area (Å²) in [5.41, 5.74) is 3.68. The molecule has 13 heteroatoms. The molecular formula is C20H20N8O3S2. The summed E-state index contributed by atoms with van der Waals surface area (Å²) in [4.78, 5) is 29.2. The van der Waals surface area contributed by atoms with Gasteiger partial charge in [-0.3, -0.25) is 10.3 Å². The Hall–Kier alpha value is -3.68. The molecule has 0 saturated carbocycles. The molecule has 170 valence electrons. The molecule has 4 aromatic rings. The van der Waals surface area contributed by atoms with Crippen LogP contribution in [-0.4, -0.2) is 48.0 Å². The molecule has 4 N–H and O–H groups in total. The molecule has 2 amide bonds. The van der Waals surface area contributed by atoms with E-state index in [1.807, 2.05) is 37.3 Å². The van der Waals surface area contributed by atoms with Crippen molar-refractivity contribution in [3.63, 3.8) is 0 Å². The summed E-state index contributed by atoms with van der Waals surface area (Å²) in [5, 5.41) is 5.88. The van der Waals surface area contributed by atoms with Gasteiger partial charge in [-0.1, -0.05) is 17.4 Å². The van der Waals surface area contributed by atoms with E-state index in [0.29, 0.717) is 22.8 Å². The third kappa shape index (κ3) is 5.22. The lowest BCUT2D eigenvalue weighted by atomic mass is 10.0. The van der Waals surface area contributed by atoms with Gasteiger partial charge in [0.25, 0.3) is 0 Å². The van der Waals surface area contributed by atoms with Crippen molar-refractivity contribution < 1.29 is 13.2 Å². The summed E-state index contributed by atoms with van der Waals surface area (Å²) in [6.45, 7) is 2.33. The number of nitrogens with one attached hydrogen (secondary N) is 4. The van der Waals surface area contributed by atoms with Crippen molar-refractivity contribution in [2.24, 2.45) is 0 Å². The molecule has 3 aromatic heterocycles. The van der Waals surface area contributed by atoms with E-state index in [-0.39, 0.29) is 12.0 Å². The van der Waals surface area contributed by atoms with Gasteiger partial charge >= 0.3 is 16.2 Å². The number of fused-ring (bicyclic) bond motifs is 1. The fourth-order valence-corrected chi connectivity index (χ4v) is 4.38. The van der Waals surface area contributed by atoms with Crippen molar-refractivity contribution in [1.29, 1.82) is 0 Å². The summed E-state index contributed by atoms with van der Waals surface area (Å²) >= 11 is 1.35. The Morgan fingerprint density at radius 3 is 2.55 bits per heavy atom. The number of pyridine rings is 1. The lowest BCUT2D eigenvalue weighted by Gasteiger charge is -2.08. The molecule has 0 aliphatic carbocycles. The highest BCUT2D eigenvalue weighted by Crippen LogP contribution is 2.38. The molecule has 0 aliphatic rings. The lowest BCUT2D eigenvalue weighted by molar-refractivity contribution is 0.252. The van der Waals surface area contributed by atoms with Crippen LogP contribution < -0.4 is 20.1 Å². The smallest absolute Gasteiger partial charge is 0.321 e. The second-order valence-corrected chi connectivity index (χ2v) is 9.31. The van der Waals surface area contributed by atoms with E-state index in [2.05, 4.69) is 40.0 Å². The van der Waals surface area contributed by atoms with E-state index in [1.54, 1.807) is 6.20 Å². The van der Waals surface area contributed by atoms with Gasteiger partial charge in [0.1, 0.15) is 0 Å². The number of anilines is 2. The summed E-state index contributed by atoms with van der Waals surface area (Å²) in [7, 11) is -2.43. The first kappa shape index (κ1) is 22.5. The van der Waals surface area contributed by atoms with Crippen molar-refractivity contribution >= 4 is 48.9 Å². The topological polar surface area (TPSA) is 151 Å². The number of amides is 2. The highest BCUT2D eigenvalue weighted by molar-refractivity contribution is 7.90. The maximum Gasteiger partial charge on any atom is 0.321 e. The highest BCUT2D eigenvalue weighted by atomic mass is 32.2. The number of carbonyl (C=O) groups is 1. The SMILES string of the molecule is CCNC(=O)Nc1nc2cc(-c3cnc(NS(=O)(=O)NC)nc3)cc(-c3ccccn3)c2s1. The van der Waals surface area contributed by atoms with Gasteiger partial charge < -0.3 is 5.32 Å². The number of urea groups is 1. The Kier molecular flexibility index (Phi) is 6.44. The maximum atomic E-state index is 11.9. The molecule has 4 rings (SSSR count). The van der Waals surface area contributed by atoms with Gasteiger partial charge in [0, 0.05) is 43.3 Å². The van der Waals surface area contributed by atoms with Crippen molar-refractivity contribution in [3.8, 4) is 22.4 Å². The molecule has 0 bridgehead atoms. The minimum atomic E-state index is -3.71. The number of carbonyl (C=O) groups excluding carboxylic acids is 1. The largest absolute Gasteiger partial charge is 0.338 e. The van der Waals surface area contributed by atoms with E-state index < -0.39 is 10.2 Å². The van der Waals surface area contributed by atoms with Gasteiger partial charge in [0.2, 0.25) is 5.95 Å². The number of hydrogen-bond donors (Lipinski definition) is 4. The monoisotopic (exact) mass is 484 g/mol. The second kappa shape index (κ2) is 9.44. The zero-order valence-electron chi connectivity index (χ0n) is 17.7. The third-order valence-electron chi connectivity index (χ3n) is 4.47. The summed E-state index contributed by atoms with van der Waals surface area (Å²) < 4.78 is 28.5. The van der Waals surface area contributed by atoms with E-state index in [4.69, 9.17) is 0 Å². The number of rotatable bonds is 7. The van der Waals surface area contributed by atoms with Gasteiger partial charge in [-0.15, -0.1) is 0 Å². The molecule has 33 heavy (non-hydrogen) atoms. The third-order valence-corrected chi connectivity index (χ3v) is 6.48. The number of thiazole rings is 1. The lowest BCUT2D eigenvalue weighted by Crippen LogP contribution is -2.28. The summed E-state index contributed by atoms with van der Waals surface area (Å²) in [6, 6.07) is 9.08. The predicted molar refractivity (Wildman–Crippen MR) is 128 cm³/mol. The molecule has 0 atom stereocenters. The summed E-state index contributed by atoms with van der Waals surface area (Å²) in [6.07, 6.45) is 4.74. The van der Waals surface area contributed by atoms with Gasteiger partial charge in [-0.05, 0) is 36.8 Å². The molecule has 0 aliphatic heterocycles. The van der Waals surface area contributed by atoms with Crippen LogP contribution in [0.5, 0.6) is 0 Å². The molecule has 1 aromatic carbocycles. The molecule has 3 heterocycles. The summed E-state index contributed by atoms with van der Waals surface area (Å²) in [5.74, 6) is -0.0544. The van der Waals surface area contributed by atoms with Gasteiger partial charge in [0.15, 0.2) is 5.13 Å². The van der Waals surface area contributed by atoms with E-state index in [0.717, 1.165) is 21.5 Å². The normalized spacial score (nSPS) is 11.3. The Bertz CT molecular complexity index is 1390. The van der Waals surface area contributed by atoms with Crippen LogP contribution in [0.25, 0.3) is 32.6 Å². The average molecular weight is 485 g/mol. The zero-order chi connectivity index (χ0) is 23.4. The van der Waals surface area contributed by atoms with Crippen LogP contribution >= 0.6 is 11.3 Å². The minimum Gasteiger partial charge on any atom is -0.338 e. The van der Waals surface area contributed by atoms with Gasteiger partial charge in [-0.2, -0.15) is 8.42 Å². The Labute approximate surface area is 193 Å². The second-order valence-electron chi connectivity index (χ2n) is 6.70. The standard InChI is InChI=1S/C20H20N8O3S2/c1-3-22-19(29)27-20-26-16-9-12(8-14(17(16)32-20)15-6-4-5-7-23-15)13-10-24-18(25-11-13)28-33(30,31)21-2/h4-11,21H,3H2,1-2H3,(H,24,25,28)(H2,22,26,27,29). The van der Waals surface area contributed by atoms with Crippen LogP contribution in [0.4, 0.5) is 15.9 Å². The molecule has 0 fully saturated rings. The van der Waals surface area contributed by atoms with Gasteiger partial charge in [-0.25, -0.2) is 29.2 Å². The molecule has 0 unspecified atom stereocenters. The zero-order valence-corrected chi connectivity index (χ0v) is 19.3. The van der Waals surface area contributed by atoms with Crippen LogP contribution in [0, 0.1) is 0 Å². The van der Waals surface area contributed by atoms with Crippen LogP contribution in [0.2, 0.25) is 0 Å². The van der Waals surface area contributed by atoms with Crippen molar-refractivity contribution in [2.75, 3.05) is 23.6 Å². The minimum absolute atomic E-state index is 0.0544. The predicted octanol–water partition coefficient (Wildman–Crippen LogP) is 2.83. The molecular weight excluding hydrogens is 464 g/mol. The fourth-order valence-electron chi connectivity index (χ4n) is 2.97. The van der Waals surface area contributed by atoms with Crippen molar-refractivity contribution in [2.45, 2.75) is 6.92 Å². The number of hydrogen-bond acceptors (Lipinski definition) is 8. The maximum absolute atomic E-state index is 11.9. The van der Waals surface area contributed by atoms with Crippen LogP contribution in [0.3, 0.4) is 0 Å². The Morgan fingerprint density at radius 2 is 1.88 bits per heavy atom. The average Bonchev–Trinajstić information content (AvgIpc) is 3.21. The Balaban J connectivity index is 1.76. The van der Waals surface area contributed by atoms with Crippen LogP contribution in [-0.2, 0) is 10.2 Å². The fraction of sp³-hybridized carbons (Fsp3) is 0.150. The first-order valence-electron chi connectivity index (χ1n) is 9.83. The molecule has 11 nitrogen and oxygen atoms in total. The first-order valence-corrected chi connectivity index (χ1v) is 12.1. The quantitative estimate of drug-likeness (QED) is 0.315. The van der Waals surface area contributed by atoms with E-state index in [1.165, 1.54) is 30.8 Å².